The van der Waals surface area contributed by atoms with Crippen LogP contribution in [0, 0.1) is 0 Å². The highest BCUT2D eigenvalue weighted by molar-refractivity contribution is 7.91. The molecule has 0 saturated carbocycles. The number of benzene rings is 2. The molecule has 5 heteroatoms. The number of aromatic nitrogens is 1. The van der Waals surface area contributed by atoms with Crippen molar-refractivity contribution in [3.05, 3.63) is 65.8 Å². The molecule has 1 aromatic heterocycles. The molecule has 0 aliphatic carbocycles. The van der Waals surface area contributed by atoms with Gasteiger partial charge in [0.25, 0.3) is 0 Å². The fraction of sp³-hybridized carbons (Fsp3) is 0. The zero-order valence-corrected chi connectivity index (χ0v) is 11.9. The second kappa shape index (κ2) is 4.89. The minimum absolute atomic E-state index is 0.214. The Morgan fingerprint density at radius 2 is 1.65 bits per heavy atom. The summed E-state index contributed by atoms with van der Waals surface area (Å²) in [6.07, 6.45) is 1.59. The second-order valence-electron chi connectivity index (χ2n) is 4.29. The van der Waals surface area contributed by atoms with Gasteiger partial charge in [0.2, 0.25) is 9.84 Å². The van der Waals surface area contributed by atoms with E-state index in [1.165, 1.54) is 0 Å². The Kier molecular flexibility index (Phi) is 3.20. The van der Waals surface area contributed by atoms with E-state index in [-0.39, 0.29) is 9.79 Å². The number of nitrogens with zero attached hydrogens (tertiary/aromatic N) is 1. The lowest BCUT2D eigenvalue weighted by Crippen LogP contribution is -2.01. The molecule has 1 heterocycles. The molecule has 0 aliphatic rings. The van der Waals surface area contributed by atoms with Crippen molar-refractivity contribution in [2.45, 2.75) is 9.79 Å². The molecule has 3 rings (SSSR count). The fourth-order valence-corrected chi connectivity index (χ4v) is 3.51. The zero-order valence-electron chi connectivity index (χ0n) is 10.3. The minimum Gasteiger partial charge on any atom is -0.256 e. The number of halogens is 1. The molecular weight excluding hydrogens is 294 g/mol. The van der Waals surface area contributed by atoms with Gasteiger partial charge < -0.3 is 0 Å². The highest BCUT2D eigenvalue weighted by atomic mass is 35.5. The van der Waals surface area contributed by atoms with Crippen LogP contribution in [0.15, 0.2) is 70.6 Å². The molecule has 2 aromatic carbocycles. The predicted molar refractivity (Wildman–Crippen MR) is 78.6 cm³/mol. The van der Waals surface area contributed by atoms with E-state index in [0.717, 1.165) is 0 Å². The molecule has 0 amide bonds. The normalized spacial score (nSPS) is 11.7. The van der Waals surface area contributed by atoms with Crippen LogP contribution in [-0.2, 0) is 9.84 Å². The lowest BCUT2D eigenvalue weighted by atomic mass is 10.2. The molecule has 100 valence electrons. The molecular formula is C15H10ClNO2S. The van der Waals surface area contributed by atoms with Crippen LogP contribution in [0.25, 0.3) is 10.9 Å². The molecule has 0 aliphatic heterocycles. The van der Waals surface area contributed by atoms with E-state index >= 15 is 0 Å². The molecule has 3 aromatic rings. The Morgan fingerprint density at radius 1 is 0.900 bits per heavy atom. The first-order valence-electron chi connectivity index (χ1n) is 5.93. The summed E-state index contributed by atoms with van der Waals surface area (Å²) in [6.45, 7) is 0. The van der Waals surface area contributed by atoms with E-state index in [0.29, 0.717) is 15.9 Å². The first-order chi connectivity index (χ1) is 9.59. The van der Waals surface area contributed by atoms with Gasteiger partial charge in [-0.1, -0.05) is 29.8 Å². The minimum atomic E-state index is -3.53. The lowest BCUT2D eigenvalue weighted by molar-refractivity contribution is 0.596. The van der Waals surface area contributed by atoms with Crippen molar-refractivity contribution in [1.29, 1.82) is 0 Å². The predicted octanol–water partition coefficient (Wildman–Crippen LogP) is 3.72. The Hall–Kier alpha value is -1.91. The molecule has 0 radical (unpaired) electrons. The maximum absolute atomic E-state index is 12.5. The van der Waals surface area contributed by atoms with Crippen molar-refractivity contribution in [2.24, 2.45) is 0 Å². The van der Waals surface area contributed by atoms with Crippen molar-refractivity contribution in [1.82, 2.24) is 4.98 Å². The number of sulfone groups is 1. The Bertz CT molecular complexity index is 877. The van der Waals surface area contributed by atoms with Gasteiger partial charge in [0.1, 0.15) is 0 Å². The van der Waals surface area contributed by atoms with Gasteiger partial charge in [0.15, 0.2) is 0 Å². The first-order valence-corrected chi connectivity index (χ1v) is 7.79. The van der Waals surface area contributed by atoms with Gasteiger partial charge in [-0.05, 0) is 36.4 Å². The smallest absolute Gasteiger partial charge is 0.206 e. The van der Waals surface area contributed by atoms with Gasteiger partial charge in [-0.2, -0.15) is 0 Å². The number of hydrogen-bond donors (Lipinski definition) is 0. The summed E-state index contributed by atoms with van der Waals surface area (Å²) in [6, 6.07) is 14.7. The summed E-state index contributed by atoms with van der Waals surface area (Å²) in [4.78, 5) is 4.64. The number of pyridine rings is 1. The van der Waals surface area contributed by atoms with Crippen LogP contribution in [-0.4, -0.2) is 13.4 Å². The molecule has 3 nitrogen and oxygen atoms in total. The summed E-state index contributed by atoms with van der Waals surface area (Å²) in [7, 11) is -3.53. The van der Waals surface area contributed by atoms with E-state index in [2.05, 4.69) is 4.98 Å². The number of hydrogen-bond acceptors (Lipinski definition) is 3. The van der Waals surface area contributed by atoms with E-state index in [9.17, 15) is 8.42 Å². The maximum atomic E-state index is 12.5. The average molecular weight is 304 g/mol. The summed E-state index contributed by atoms with van der Waals surface area (Å²) in [5.74, 6) is 0. The number of fused-ring (bicyclic) bond motifs is 1. The Balaban J connectivity index is 2.23. The second-order valence-corrected chi connectivity index (χ2v) is 6.65. The van der Waals surface area contributed by atoms with Crippen LogP contribution >= 0.6 is 11.6 Å². The van der Waals surface area contributed by atoms with Crippen LogP contribution in [0.3, 0.4) is 0 Å². The maximum Gasteiger partial charge on any atom is 0.206 e. The third-order valence-corrected chi connectivity index (χ3v) is 5.12. The van der Waals surface area contributed by atoms with Gasteiger partial charge in [-0.15, -0.1) is 0 Å². The van der Waals surface area contributed by atoms with E-state index < -0.39 is 9.84 Å². The van der Waals surface area contributed by atoms with Gasteiger partial charge in [-0.25, -0.2) is 8.42 Å². The lowest BCUT2D eigenvalue weighted by Gasteiger charge is -2.06. The molecule has 0 fully saturated rings. The first kappa shape index (κ1) is 13.1. The summed E-state index contributed by atoms with van der Waals surface area (Å²) in [5, 5.41) is 1.12. The summed E-state index contributed by atoms with van der Waals surface area (Å²) in [5.41, 5.74) is 0.671. The highest BCUT2D eigenvalue weighted by Crippen LogP contribution is 2.27. The molecule has 0 saturated heterocycles. The quantitative estimate of drug-likeness (QED) is 0.725. The highest BCUT2D eigenvalue weighted by Gasteiger charge is 2.18. The van der Waals surface area contributed by atoms with Gasteiger partial charge in [0, 0.05) is 11.6 Å². The molecule has 0 unspecified atom stereocenters. The SMILES string of the molecule is O=S(=O)(c1ccccc1)c1ccc2nccc(Cl)c2c1. The van der Waals surface area contributed by atoms with Crippen molar-refractivity contribution in [3.63, 3.8) is 0 Å². The van der Waals surface area contributed by atoms with Crippen molar-refractivity contribution in [2.75, 3.05) is 0 Å². The van der Waals surface area contributed by atoms with Gasteiger partial charge >= 0.3 is 0 Å². The molecule has 0 atom stereocenters. The van der Waals surface area contributed by atoms with Crippen LogP contribution < -0.4 is 0 Å². The average Bonchev–Trinajstić information content (AvgIpc) is 2.48. The standard InChI is InChI=1S/C15H10ClNO2S/c16-14-8-9-17-15-7-6-12(10-13(14)15)20(18,19)11-4-2-1-3-5-11/h1-10H. The topological polar surface area (TPSA) is 47.0 Å². The fourth-order valence-electron chi connectivity index (χ4n) is 1.99. The van der Waals surface area contributed by atoms with Crippen molar-refractivity contribution < 1.29 is 8.42 Å². The van der Waals surface area contributed by atoms with Crippen LogP contribution in [0.2, 0.25) is 5.02 Å². The van der Waals surface area contributed by atoms with Gasteiger partial charge in [0.05, 0.1) is 20.3 Å². The molecule has 0 spiro atoms. The zero-order chi connectivity index (χ0) is 14.2. The third kappa shape index (κ3) is 2.17. The number of rotatable bonds is 2. The molecule has 0 N–H and O–H groups in total. The monoisotopic (exact) mass is 303 g/mol. The van der Waals surface area contributed by atoms with Gasteiger partial charge in [-0.3, -0.25) is 4.98 Å². The third-order valence-electron chi connectivity index (χ3n) is 3.02. The Labute approximate surface area is 121 Å². The molecule has 0 bridgehead atoms. The van der Waals surface area contributed by atoms with Crippen LogP contribution in [0.4, 0.5) is 0 Å². The van der Waals surface area contributed by atoms with Crippen LogP contribution in [0.5, 0.6) is 0 Å². The van der Waals surface area contributed by atoms with Crippen LogP contribution in [0.1, 0.15) is 0 Å². The Morgan fingerprint density at radius 3 is 2.40 bits per heavy atom. The van der Waals surface area contributed by atoms with E-state index in [4.69, 9.17) is 11.6 Å². The molecule has 20 heavy (non-hydrogen) atoms. The van der Waals surface area contributed by atoms with Crippen molar-refractivity contribution >= 4 is 32.3 Å². The summed E-state index contributed by atoms with van der Waals surface area (Å²) < 4.78 is 25.1. The van der Waals surface area contributed by atoms with E-state index in [1.54, 1.807) is 60.8 Å². The van der Waals surface area contributed by atoms with Crippen molar-refractivity contribution in [3.8, 4) is 0 Å². The largest absolute Gasteiger partial charge is 0.256 e. The summed E-state index contributed by atoms with van der Waals surface area (Å²) >= 11 is 6.09. The van der Waals surface area contributed by atoms with E-state index in [1.807, 2.05) is 0 Å².